The predicted molar refractivity (Wildman–Crippen MR) is 105 cm³/mol. The number of likely N-dealkylation sites (N-methyl/N-ethyl adjacent to an activating group) is 1. The topological polar surface area (TPSA) is 61.9 Å². The second-order valence-electron chi connectivity index (χ2n) is 7.62. The standard InChI is InChI=1S/C21H31N3O3/c1-3-16-6-4-8-19(14-16)27-13-12-23(2)21(26)22-18-7-5-11-24(15-18)20(25)17-9-10-17/h4,6,8,14,17-18H,3,5,7,9-13,15H2,1-2H3,(H,22,26). The minimum Gasteiger partial charge on any atom is -0.492 e. The molecule has 2 fully saturated rings. The molecule has 1 aliphatic heterocycles. The van der Waals surface area contributed by atoms with Gasteiger partial charge in [0, 0.05) is 32.1 Å². The third-order valence-electron chi connectivity index (χ3n) is 5.34. The number of carbonyl (C=O) groups is 2. The number of piperidine rings is 1. The molecule has 3 rings (SSSR count). The van der Waals surface area contributed by atoms with E-state index in [4.69, 9.17) is 4.74 Å². The van der Waals surface area contributed by atoms with Crippen molar-refractivity contribution in [3.8, 4) is 5.75 Å². The summed E-state index contributed by atoms with van der Waals surface area (Å²) in [6, 6.07) is 7.97. The highest BCUT2D eigenvalue weighted by Crippen LogP contribution is 2.31. The van der Waals surface area contributed by atoms with Crippen molar-refractivity contribution in [1.82, 2.24) is 15.1 Å². The number of aryl methyl sites for hydroxylation is 1. The number of ether oxygens (including phenoxy) is 1. The van der Waals surface area contributed by atoms with Crippen LogP contribution in [0.4, 0.5) is 4.79 Å². The highest BCUT2D eigenvalue weighted by molar-refractivity contribution is 5.81. The molecule has 3 amide bonds. The summed E-state index contributed by atoms with van der Waals surface area (Å²) in [6.45, 7) is 4.53. The zero-order valence-electron chi connectivity index (χ0n) is 16.4. The lowest BCUT2D eigenvalue weighted by molar-refractivity contribution is -0.133. The minimum absolute atomic E-state index is 0.0403. The number of nitrogens with one attached hydrogen (secondary N) is 1. The van der Waals surface area contributed by atoms with Crippen molar-refractivity contribution in [3.05, 3.63) is 29.8 Å². The molecule has 27 heavy (non-hydrogen) atoms. The molecule has 1 aliphatic carbocycles. The van der Waals surface area contributed by atoms with Gasteiger partial charge in [0.15, 0.2) is 0 Å². The summed E-state index contributed by atoms with van der Waals surface area (Å²) in [5, 5.41) is 3.07. The third-order valence-corrected chi connectivity index (χ3v) is 5.34. The Kier molecular flexibility index (Phi) is 6.58. The number of likely N-dealkylation sites (tertiary alicyclic amines) is 1. The van der Waals surface area contributed by atoms with Gasteiger partial charge in [-0.1, -0.05) is 19.1 Å². The first-order valence-electron chi connectivity index (χ1n) is 10.1. The summed E-state index contributed by atoms with van der Waals surface area (Å²) in [5.41, 5.74) is 1.24. The van der Waals surface area contributed by atoms with Crippen molar-refractivity contribution in [2.45, 2.75) is 45.1 Å². The van der Waals surface area contributed by atoms with Crippen molar-refractivity contribution in [1.29, 1.82) is 0 Å². The normalized spacial score (nSPS) is 19.5. The Morgan fingerprint density at radius 2 is 2.11 bits per heavy atom. The minimum atomic E-state index is -0.105. The van der Waals surface area contributed by atoms with Gasteiger partial charge >= 0.3 is 6.03 Å². The first-order chi connectivity index (χ1) is 13.1. The molecule has 0 aromatic heterocycles. The van der Waals surface area contributed by atoms with Gasteiger partial charge in [0.25, 0.3) is 0 Å². The molecule has 6 nitrogen and oxygen atoms in total. The lowest BCUT2D eigenvalue weighted by Crippen LogP contribution is -2.52. The van der Waals surface area contributed by atoms with Crippen LogP contribution in [-0.4, -0.2) is 61.1 Å². The van der Waals surface area contributed by atoms with Gasteiger partial charge in [-0.15, -0.1) is 0 Å². The van der Waals surface area contributed by atoms with E-state index >= 15 is 0 Å². The Morgan fingerprint density at radius 1 is 1.30 bits per heavy atom. The van der Waals surface area contributed by atoms with Crippen LogP contribution in [0.3, 0.4) is 0 Å². The van der Waals surface area contributed by atoms with Gasteiger partial charge in [-0.05, 0) is 49.8 Å². The smallest absolute Gasteiger partial charge is 0.317 e. The SMILES string of the molecule is CCc1cccc(OCCN(C)C(=O)NC2CCCN(C(=O)C3CC3)C2)c1. The van der Waals surface area contributed by atoms with Crippen LogP contribution in [0.25, 0.3) is 0 Å². The van der Waals surface area contributed by atoms with Gasteiger partial charge in [0.1, 0.15) is 12.4 Å². The second-order valence-corrected chi connectivity index (χ2v) is 7.62. The average molecular weight is 373 g/mol. The number of hydrogen-bond donors (Lipinski definition) is 1. The van der Waals surface area contributed by atoms with Crippen LogP contribution in [0.5, 0.6) is 5.75 Å². The molecule has 0 radical (unpaired) electrons. The van der Waals surface area contributed by atoms with Crippen molar-refractivity contribution < 1.29 is 14.3 Å². The molecule has 6 heteroatoms. The lowest BCUT2D eigenvalue weighted by Gasteiger charge is -2.34. The Hall–Kier alpha value is -2.24. The number of rotatable bonds is 7. The molecular weight excluding hydrogens is 342 g/mol. The van der Waals surface area contributed by atoms with Crippen LogP contribution >= 0.6 is 0 Å². The van der Waals surface area contributed by atoms with E-state index in [2.05, 4.69) is 18.3 Å². The van der Waals surface area contributed by atoms with Crippen LogP contribution in [0, 0.1) is 5.92 Å². The molecule has 1 saturated heterocycles. The maximum Gasteiger partial charge on any atom is 0.317 e. The lowest BCUT2D eigenvalue weighted by atomic mass is 10.1. The first-order valence-corrected chi connectivity index (χ1v) is 10.1. The molecule has 1 unspecified atom stereocenters. The van der Waals surface area contributed by atoms with Gasteiger partial charge < -0.3 is 19.9 Å². The third kappa shape index (κ3) is 5.62. The largest absolute Gasteiger partial charge is 0.492 e. The molecule has 1 atom stereocenters. The van der Waals surface area contributed by atoms with Crippen LogP contribution in [0.2, 0.25) is 0 Å². The highest BCUT2D eigenvalue weighted by Gasteiger charge is 2.35. The van der Waals surface area contributed by atoms with Crippen molar-refractivity contribution in [2.24, 2.45) is 5.92 Å². The second kappa shape index (κ2) is 9.11. The predicted octanol–water partition coefficient (Wildman–Crippen LogP) is 2.67. The molecule has 148 valence electrons. The van der Waals surface area contributed by atoms with Crippen LogP contribution in [0.1, 0.15) is 38.2 Å². The van der Waals surface area contributed by atoms with Gasteiger partial charge in [0.05, 0.1) is 6.54 Å². The Bertz CT molecular complexity index is 660. The van der Waals surface area contributed by atoms with Crippen molar-refractivity contribution >= 4 is 11.9 Å². The van der Waals surface area contributed by atoms with Crippen LogP contribution in [0.15, 0.2) is 24.3 Å². The maximum atomic E-state index is 12.4. The number of benzene rings is 1. The zero-order valence-corrected chi connectivity index (χ0v) is 16.4. The van der Waals surface area contributed by atoms with E-state index in [-0.39, 0.29) is 23.9 Å². The van der Waals surface area contributed by atoms with Crippen molar-refractivity contribution in [3.63, 3.8) is 0 Å². The summed E-state index contributed by atoms with van der Waals surface area (Å²) < 4.78 is 5.77. The average Bonchev–Trinajstić information content (AvgIpc) is 3.53. The van der Waals surface area contributed by atoms with E-state index in [1.807, 2.05) is 23.1 Å². The quantitative estimate of drug-likeness (QED) is 0.799. The van der Waals surface area contributed by atoms with Gasteiger partial charge in [-0.25, -0.2) is 4.79 Å². The molecule has 1 heterocycles. The number of hydrogen-bond acceptors (Lipinski definition) is 3. The van der Waals surface area contributed by atoms with Crippen LogP contribution < -0.4 is 10.1 Å². The zero-order chi connectivity index (χ0) is 19.2. The molecule has 0 spiro atoms. The Labute approximate surface area is 161 Å². The Balaban J connectivity index is 1.39. The molecule has 1 saturated carbocycles. The number of carbonyl (C=O) groups excluding carboxylic acids is 2. The van der Waals surface area contributed by atoms with E-state index in [9.17, 15) is 9.59 Å². The van der Waals surface area contributed by atoms with E-state index < -0.39 is 0 Å². The molecule has 0 bridgehead atoms. The number of urea groups is 1. The van der Waals surface area contributed by atoms with E-state index in [1.165, 1.54) is 5.56 Å². The summed E-state index contributed by atoms with van der Waals surface area (Å²) in [5.74, 6) is 1.35. The molecular formula is C21H31N3O3. The van der Waals surface area contributed by atoms with E-state index in [0.717, 1.165) is 44.4 Å². The molecule has 1 N–H and O–H groups in total. The maximum absolute atomic E-state index is 12.4. The van der Waals surface area contributed by atoms with Crippen molar-refractivity contribution in [2.75, 3.05) is 33.3 Å². The molecule has 2 aliphatic rings. The molecule has 1 aromatic rings. The fourth-order valence-corrected chi connectivity index (χ4v) is 3.43. The molecule has 1 aromatic carbocycles. The summed E-state index contributed by atoms with van der Waals surface area (Å²) >= 11 is 0. The fourth-order valence-electron chi connectivity index (χ4n) is 3.43. The number of nitrogens with zero attached hydrogens (tertiary/aromatic N) is 2. The Morgan fingerprint density at radius 3 is 2.85 bits per heavy atom. The van der Waals surface area contributed by atoms with E-state index in [1.54, 1.807) is 11.9 Å². The van der Waals surface area contributed by atoms with Crippen LogP contribution in [-0.2, 0) is 11.2 Å². The summed E-state index contributed by atoms with van der Waals surface area (Å²) in [4.78, 5) is 28.2. The van der Waals surface area contributed by atoms with Gasteiger partial charge in [0.2, 0.25) is 5.91 Å². The van der Waals surface area contributed by atoms with Gasteiger partial charge in [-0.3, -0.25) is 4.79 Å². The first kappa shape index (κ1) is 19.5. The van der Waals surface area contributed by atoms with Gasteiger partial charge in [-0.2, -0.15) is 0 Å². The number of amides is 3. The summed E-state index contributed by atoms with van der Waals surface area (Å²) in [7, 11) is 1.77. The van der Waals surface area contributed by atoms with E-state index in [0.29, 0.717) is 19.7 Å². The highest BCUT2D eigenvalue weighted by atomic mass is 16.5. The fraction of sp³-hybridized carbons (Fsp3) is 0.619. The monoisotopic (exact) mass is 373 g/mol. The summed E-state index contributed by atoms with van der Waals surface area (Å²) in [6.07, 6.45) is 4.89.